The van der Waals surface area contributed by atoms with Crippen LogP contribution in [0.25, 0.3) is 11.1 Å². The van der Waals surface area contributed by atoms with Gasteiger partial charge in [0.05, 0.1) is 17.6 Å². The molecule has 0 saturated heterocycles. The molecular weight excluding hydrogens is 270 g/mol. The van der Waals surface area contributed by atoms with Crippen molar-refractivity contribution in [2.45, 2.75) is 13.8 Å². The number of carbonyl (C=O) groups is 1. The third-order valence-corrected chi connectivity index (χ3v) is 3.24. The summed E-state index contributed by atoms with van der Waals surface area (Å²) >= 11 is 0. The van der Waals surface area contributed by atoms with E-state index >= 15 is 0 Å². The quantitative estimate of drug-likeness (QED) is 0.490. The predicted molar refractivity (Wildman–Crippen MR) is 79.3 cm³/mol. The van der Waals surface area contributed by atoms with Crippen LogP contribution >= 0.6 is 0 Å². The van der Waals surface area contributed by atoms with E-state index in [-0.39, 0.29) is 11.3 Å². The molecule has 2 aromatic carbocycles. The zero-order valence-corrected chi connectivity index (χ0v) is 12.0. The summed E-state index contributed by atoms with van der Waals surface area (Å²) in [7, 11) is 1.25. The Labute approximate surface area is 122 Å². The van der Waals surface area contributed by atoms with Gasteiger partial charge in [-0.3, -0.25) is 10.1 Å². The molecular formula is C16H15NO4. The molecule has 2 aromatic rings. The first kappa shape index (κ1) is 14.7. The van der Waals surface area contributed by atoms with Gasteiger partial charge in [-0.25, -0.2) is 4.79 Å². The van der Waals surface area contributed by atoms with Crippen LogP contribution in [0.1, 0.15) is 21.5 Å². The molecule has 0 amide bonds. The number of nitrogens with zero attached hydrogens (tertiary/aromatic N) is 1. The molecule has 0 atom stereocenters. The minimum absolute atomic E-state index is 0.132. The van der Waals surface area contributed by atoms with Gasteiger partial charge in [0.1, 0.15) is 0 Å². The SMILES string of the molecule is COC(=O)c1cc(-c2ccc(C)cc2C)cc([N+](=O)[O-])c1. The smallest absolute Gasteiger partial charge is 0.338 e. The van der Waals surface area contributed by atoms with Crippen molar-refractivity contribution in [1.29, 1.82) is 0 Å². The topological polar surface area (TPSA) is 69.4 Å². The second-order valence-electron chi connectivity index (χ2n) is 4.84. The minimum Gasteiger partial charge on any atom is -0.465 e. The van der Waals surface area contributed by atoms with Crippen molar-refractivity contribution < 1.29 is 14.5 Å². The molecule has 0 unspecified atom stereocenters. The summed E-state index contributed by atoms with van der Waals surface area (Å²) < 4.78 is 4.65. The average Bonchev–Trinajstić information content (AvgIpc) is 2.45. The summed E-state index contributed by atoms with van der Waals surface area (Å²) in [6.45, 7) is 3.91. The fraction of sp³-hybridized carbons (Fsp3) is 0.188. The molecule has 0 bridgehead atoms. The number of benzene rings is 2. The normalized spacial score (nSPS) is 10.2. The number of nitro groups is 1. The Hall–Kier alpha value is -2.69. The molecule has 0 radical (unpaired) electrons. The molecule has 108 valence electrons. The molecule has 0 fully saturated rings. The van der Waals surface area contributed by atoms with Gasteiger partial charge >= 0.3 is 5.97 Å². The number of ether oxygens (including phenoxy) is 1. The Balaban J connectivity index is 2.64. The first-order chi connectivity index (χ1) is 9.92. The van der Waals surface area contributed by atoms with Crippen LogP contribution in [0, 0.1) is 24.0 Å². The molecule has 2 rings (SSSR count). The van der Waals surface area contributed by atoms with E-state index in [1.165, 1.54) is 19.2 Å². The van der Waals surface area contributed by atoms with E-state index in [1.807, 2.05) is 32.0 Å². The second kappa shape index (κ2) is 5.75. The lowest BCUT2D eigenvalue weighted by Crippen LogP contribution is -2.03. The van der Waals surface area contributed by atoms with Crippen molar-refractivity contribution >= 4 is 11.7 Å². The first-order valence-corrected chi connectivity index (χ1v) is 6.38. The lowest BCUT2D eigenvalue weighted by molar-refractivity contribution is -0.384. The van der Waals surface area contributed by atoms with Gasteiger partial charge in [0.2, 0.25) is 0 Å². The van der Waals surface area contributed by atoms with E-state index in [2.05, 4.69) is 4.74 Å². The summed E-state index contributed by atoms with van der Waals surface area (Å²) in [4.78, 5) is 22.2. The van der Waals surface area contributed by atoms with Gasteiger partial charge in [-0.2, -0.15) is 0 Å². The van der Waals surface area contributed by atoms with Crippen molar-refractivity contribution in [3.8, 4) is 11.1 Å². The Morgan fingerprint density at radius 1 is 1.14 bits per heavy atom. The summed E-state index contributed by atoms with van der Waals surface area (Å²) in [5, 5.41) is 11.0. The fourth-order valence-electron chi connectivity index (χ4n) is 2.25. The minimum atomic E-state index is -0.593. The van der Waals surface area contributed by atoms with E-state index in [0.29, 0.717) is 5.56 Å². The Morgan fingerprint density at radius 3 is 2.43 bits per heavy atom. The monoisotopic (exact) mass is 285 g/mol. The number of aryl methyl sites for hydroxylation is 2. The van der Waals surface area contributed by atoms with Gasteiger partial charge in [0, 0.05) is 12.1 Å². The van der Waals surface area contributed by atoms with Crippen LogP contribution in [0.4, 0.5) is 5.69 Å². The molecule has 0 aromatic heterocycles. The van der Waals surface area contributed by atoms with Crippen LogP contribution in [-0.4, -0.2) is 18.0 Å². The Morgan fingerprint density at radius 2 is 1.86 bits per heavy atom. The number of rotatable bonds is 3. The third-order valence-electron chi connectivity index (χ3n) is 3.24. The second-order valence-corrected chi connectivity index (χ2v) is 4.84. The molecule has 0 N–H and O–H groups in total. The van der Waals surface area contributed by atoms with Gasteiger partial charge in [-0.05, 0) is 36.6 Å². The van der Waals surface area contributed by atoms with Crippen molar-refractivity contribution in [1.82, 2.24) is 0 Å². The molecule has 0 aliphatic heterocycles. The van der Waals surface area contributed by atoms with Gasteiger partial charge in [-0.1, -0.05) is 23.8 Å². The van der Waals surface area contributed by atoms with Crippen LogP contribution in [0.5, 0.6) is 0 Å². The van der Waals surface area contributed by atoms with Crippen molar-refractivity contribution in [2.75, 3.05) is 7.11 Å². The van der Waals surface area contributed by atoms with E-state index in [0.717, 1.165) is 16.7 Å². The number of hydrogen-bond acceptors (Lipinski definition) is 4. The first-order valence-electron chi connectivity index (χ1n) is 6.38. The number of esters is 1. The number of non-ortho nitro benzene ring substituents is 1. The van der Waals surface area contributed by atoms with Crippen LogP contribution in [0.15, 0.2) is 36.4 Å². The number of methoxy groups -OCH3 is 1. The Bertz CT molecular complexity index is 722. The molecule has 5 heteroatoms. The van der Waals surface area contributed by atoms with Crippen molar-refractivity contribution in [3.05, 3.63) is 63.2 Å². The Kier molecular flexibility index (Phi) is 4.03. The van der Waals surface area contributed by atoms with Crippen LogP contribution in [0.3, 0.4) is 0 Å². The largest absolute Gasteiger partial charge is 0.465 e. The van der Waals surface area contributed by atoms with E-state index < -0.39 is 10.9 Å². The highest BCUT2D eigenvalue weighted by molar-refractivity contribution is 5.92. The van der Waals surface area contributed by atoms with Gasteiger partial charge < -0.3 is 4.74 Å². The highest BCUT2D eigenvalue weighted by atomic mass is 16.6. The summed E-state index contributed by atoms with van der Waals surface area (Å²) in [6.07, 6.45) is 0. The van der Waals surface area contributed by atoms with E-state index in [4.69, 9.17) is 0 Å². The van der Waals surface area contributed by atoms with Gasteiger partial charge in [0.15, 0.2) is 0 Å². The number of carbonyl (C=O) groups excluding carboxylic acids is 1. The molecule has 0 saturated carbocycles. The molecule has 0 aliphatic rings. The van der Waals surface area contributed by atoms with E-state index in [1.54, 1.807) is 6.07 Å². The van der Waals surface area contributed by atoms with Gasteiger partial charge in [-0.15, -0.1) is 0 Å². The lowest BCUT2D eigenvalue weighted by atomic mass is 9.97. The summed E-state index contributed by atoms with van der Waals surface area (Å²) in [5.74, 6) is -0.593. The lowest BCUT2D eigenvalue weighted by Gasteiger charge is -2.09. The van der Waals surface area contributed by atoms with Crippen LogP contribution in [0.2, 0.25) is 0 Å². The standard InChI is InChI=1S/C16H15NO4/c1-10-4-5-15(11(2)6-10)12-7-13(16(18)21-3)9-14(8-12)17(19)20/h4-9H,1-3H3. The zero-order chi connectivity index (χ0) is 15.6. The molecule has 0 heterocycles. The zero-order valence-electron chi connectivity index (χ0n) is 12.0. The maximum Gasteiger partial charge on any atom is 0.338 e. The molecule has 0 aliphatic carbocycles. The highest BCUT2D eigenvalue weighted by Crippen LogP contribution is 2.29. The third kappa shape index (κ3) is 3.08. The maximum absolute atomic E-state index is 11.7. The fourth-order valence-corrected chi connectivity index (χ4v) is 2.25. The molecule has 21 heavy (non-hydrogen) atoms. The van der Waals surface area contributed by atoms with E-state index in [9.17, 15) is 14.9 Å². The summed E-state index contributed by atoms with van der Waals surface area (Å²) in [6, 6.07) is 10.1. The average molecular weight is 285 g/mol. The van der Waals surface area contributed by atoms with Crippen LogP contribution < -0.4 is 0 Å². The number of nitro benzene ring substituents is 1. The summed E-state index contributed by atoms with van der Waals surface area (Å²) in [5.41, 5.74) is 3.62. The van der Waals surface area contributed by atoms with Crippen molar-refractivity contribution in [3.63, 3.8) is 0 Å². The van der Waals surface area contributed by atoms with Crippen molar-refractivity contribution in [2.24, 2.45) is 0 Å². The number of hydrogen-bond donors (Lipinski definition) is 0. The predicted octanol–water partition coefficient (Wildman–Crippen LogP) is 3.67. The maximum atomic E-state index is 11.7. The van der Waals surface area contributed by atoms with Crippen LogP contribution in [-0.2, 0) is 4.74 Å². The molecule has 5 nitrogen and oxygen atoms in total. The highest BCUT2D eigenvalue weighted by Gasteiger charge is 2.16. The molecule has 0 spiro atoms. The van der Waals surface area contributed by atoms with Gasteiger partial charge in [0.25, 0.3) is 5.69 Å².